The Bertz CT molecular complexity index is 208. The second-order valence-electron chi connectivity index (χ2n) is 2.86. The van der Waals surface area contributed by atoms with E-state index < -0.39 is 18.1 Å². The number of thiol groups is 1. The van der Waals surface area contributed by atoms with E-state index in [9.17, 15) is 9.59 Å². The maximum atomic E-state index is 11.3. The molecule has 0 fully saturated rings. The van der Waals surface area contributed by atoms with Gasteiger partial charge in [0.1, 0.15) is 6.04 Å². The lowest BCUT2D eigenvalue weighted by molar-refractivity contribution is -0.149. The molecule has 14 heavy (non-hydrogen) atoms. The Hall–Kier alpha value is -0.910. The molecule has 82 valence electrons. The van der Waals surface area contributed by atoms with Crippen LogP contribution >= 0.6 is 12.6 Å². The molecule has 0 aromatic carbocycles. The Morgan fingerprint density at radius 2 is 2.00 bits per heavy atom. The number of carbonyl (C=O) groups excluding carboxylic acids is 2. The molecule has 0 bridgehead atoms. The summed E-state index contributed by atoms with van der Waals surface area (Å²) in [5, 5.41) is 2.31. The molecule has 0 aromatic rings. The molecular weight excluding hydrogens is 206 g/mol. The second kappa shape index (κ2) is 6.53. The number of ether oxygens (including phenoxy) is 2. The summed E-state index contributed by atoms with van der Waals surface area (Å²) in [5.41, 5.74) is 0. The highest BCUT2D eigenvalue weighted by atomic mass is 32.1. The van der Waals surface area contributed by atoms with Gasteiger partial charge in [0.15, 0.2) is 0 Å². The Morgan fingerprint density at radius 3 is 2.36 bits per heavy atom. The molecule has 0 heterocycles. The van der Waals surface area contributed by atoms with Crippen LogP contribution in [0.25, 0.3) is 0 Å². The molecule has 5 nitrogen and oxygen atoms in total. The molecule has 0 spiro atoms. The fourth-order valence-corrected chi connectivity index (χ4v) is 0.935. The van der Waals surface area contributed by atoms with Crippen molar-refractivity contribution in [1.82, 2.24) is 5.32 Å². The molecule has 0 rings (SSSR count). The van der Waals surface area contributed by atoms with Gasteiger partial charge < -0.3 is 14.8 Å². The van der Waals surface area contributed by atoms with E-state index in [1.54, 1.807) is 13.8 Å². The van der Waals surface area contributed by atoms with Crippen molar-refractivity contribution in [2.24, 2.45) is 0 Å². The van der Waals surface area contributed by atoms with Crippen molar-refractivity contribution in [2.45, 2.75) is 26.0 Å². The monoisotopic (exact) mass is 221 g/mol. The topological polar surface area (TPSA) is 64.6 Å². The number of nitrogens with one attached hydrogen (secondary N) is 1. The molecule has 0 aliphatic carbocycles. The lowest BCUT2D eigenvalue weighted by Crippen LogP contribution is -2.43. The summed E-state index contributed by atoms with van der Waals surface area (Å²) in [6.07, 6.45) is -0.894. The van der Waals surface area contributed by atoms with Crippen LogP contribution in [0.5, 0.6) is 0 Å². The summed E-state index contributed by atoms with van der Waals surface area (Å²) in [5.74, 6) is -0.346. The van der Waals surface area contributed by atoms with Gasteiger partial charge in [-0.25, -0.2) is 9.59 Å². The number of methoxy groups -OCH3 is 1. The maximum Gasteiger partial charge on any atom is 0.407 e. The summed E-state index contributed by atoms with van der Waals surface area (Å²) < 4.78 is 9.24. The first-order valence-corrected chi connectivity index (χ1v) is 4.80. The molecule has 6 heteroatoms. The highest BCUT2D eigenvalue weighted by molar-refractivity contribution is 7.80. The Balaban J connectivity index is 4.12. The van der Waals surface area contributed by atoms with Crippen LogP contribution in [0.1, 0.15) is 13.8 Å². The zero-order valence-corrected chi connectivity index (χ0v) is 9.34. The number of rotatable bonds is 4. The van der Waals surface area contributed by atoms with Gasteiger partial charge in [-0.1, -0.05) is 0 Å². The predicted octanol–water partition coefficient (Wildman–Crippen LogP) is 0.592. The minimum Gasteiger partial charge on any atom is -0.461 e. The predicted molar refractivity (Wildman–Crippen MR) is 54.4 cm³/mol. The minimum absolute atomic E-state index is 0.167. The molecule has 1 amide bonds. The van der Waals surface area contributed by atoms with Gasteiger partial charge in [-0.2, -0.15) is 12.6 Å². The van der Waals surface area contributed by atoms with E-state index in [4.69, 9.17) is 4.74 Å². The number of alkyl carbamates (subject to hydrolysis) is 1. The lowest BCUT2D eigenvalue weighted by Gasteiger charge is -2.16. The number of hydrogen-bond donors (Lipinski definition) is 2. The van der Waals surface area contributed by atoms with Gasteiger partial charge in [-0.05, 0) is 13.8 Å². The van der Waals surface area contributed by atoms with E-state index in [1.165, 1.54) is 7.11 Å². The molecule has 0 aliphatic heterocycles. The molecule has 0 saturated carbocycles. The van der Waals surface area contributed by atoms with Gasteiger partial charge in [-0.15, -0.1) is 0 Å². The number of hydrogen-bond acceptors (Lipinski definition) is 5. The first kappa shape index (κ1) is 13.1. The SMILES string of the molecule is COC(=O)N[C@@H](CS)C(=O)OC(C)C. The van der Waals surface area contributed by atoms with Crippen molar-refractivity contribution in [3.63, 3.8) is 0 Å². The fourth-order valence-electron chi connectivity index (χ4n) is 0.695. The third-order valence-corrected chi connectivity index (χ3v) is 1.66. The summed E-state index contributed by atoms with van der Waals surface area (Å²) in [7, 11) is 1.22. The Morgan fingerprint density at radius 1 is 1.43 bits per heavy atom. The molecule has 0 radical (unpaired) electrons. The molecule has 0 saturated heterocycles. The average molecular weight is 221 g/mol. The fraction of sp³-hybridized carbons (Fsp3) is 0.750. The molecule has 1 atom stereocenters. The van der Waals surface area contributed by atoms with Crippen LogP contribution in [0.15, 0.2) is 0 Å². The molecule has 0 unspecified atom stereocenters. The first-order valence-electron chi connectivity index (χ1n) is 4.17. The Kier molecular flexibility index (Phi) is 6.11. The summed E-state index contributed by atoms with van der Waals surface area (Å²) in [6.45, 7) is 3.46. The van der Waals surface area contributed by atoms with Crippen LogP contribution in [0.4, 0.5) is 4.79 Å². The number of carbonyl (C=O) groups is 2. The van der Waals surface area contributed by atoms with Crippen LogP contribution in [-0.4, -0.2) is 37.1 Å². The lowest BCUT2D eigenvalue weighted by atomic mass is 10.3. The quantitative estimate of drug-likeness (QED) is 0.539. The standard InChI is InChI=1S/C8H15NO4S/c1-5(2)13-7(10)6(4-14)9-8(11)12-3/h5-6,14H,4H2,1-3H3,(H,9,11)/t6-/m0/s1. The van der Waals surface area contributed by atoms with E-state index in [2.05, 4.69) is 22.7 Å². The Labute approximate surface area is 88.5 Å². The number of esters is 1. The van der Waals surface area contributed by atoms with Gasteiger partial charge in [0.05, 0.1) is 13.2 Å². The minimum atomic E-state index is -0.770. The second-order valence-corrected chi connectivity index (χ2v) is 3.22. The number of amides is 1. The molecule has 0 aromatic heterocycles. The van der Waals surface area contributed by atoms with Crippen LogP contribution in [0.3, 0.4) is 0 Å². The first-order chi connectivity index (χ1) is 6.51. The molecule has 0 aliphatic rings. The highest BCUT2D eigenvalue weighted by Gasteiger charge is 2.21. The van der Waals surface area contributed by atoms with Crippen LogP contribution < -0.4 is 5.32 Å². The smallest absolute Gasteiger partial charge is 0.407 e. The average Bonchev–Trinajstić information content (AvgIpc) is 2.12. The van der Waals surface area contributed by atoms with Gasteiger partial charge in [0, 0.05) is 5.75 Å². The third-order valence-electron chi connectivity index (χ3n) is 1.30. The van der Waals surface area contributed by atoms with Crippen LogP contribution in [-0.2, 0) is 14.3 Å². The largest absolute Gasteiger partial charge is 0.461 e. The van der Waals surface area contributed by atoms with Crippen molar-refractivity contribution in [2.75, 3.05) is 12.9 Å². The highest BCUT2D eigenvalue weighted by Crippen LogP contribution is 1.97. The van der Waals surface area contributed by atoms with Gasteiger partial charge in [0.2, 0.25) is 0 Å². The van der Waals surface area contributed by atoms with Gasteiger partial charge >= 0.3 is 12.1 Å². The summed E-state index contributed by atoms with van der Waals surface area (Å²) in [6, 6.07) is -0.770. The summed E-state index contributed by atoms with van der Waals surface area (Å²) in [4.78, 5) is 22.1. The van der Waals surface area contributed by atoms with E-state index >= 15 is 0 Å². The zero-order chi connectivity index (χ0) is 11.1. The summed E-state index contributed by atoms with van der Waals surface area (Å²) >= 11 is 3.92. The van der Waals surface area contributed by atoms with E-state index in [0.29, 0.717) is 0 Å². The molecule has 1 N–H and O–H groups in total. The van der Waals surface area contributed by atoms with Gasteiger partial charge in [0.25, 0.3) is 0 Å². The normalized spacial score (nSPS) is 12.1. The van der Waals surface area contributed by atoms with Crippen molar-refractivity contribution in [1.29, 1.82) is 0 Å². The zero-order valence-electron chi connectivity index (χ0n) is 8.44. The third kappa shape index (κ3) is 4.96. The van der Waals surface area contributed by atoms with Crippen LogP contribution in [0, 0.1) is 0 Å². The maximum absolute atomic E-state index is 11.3. The van der Waals surface area contributed by atoms with Crippen molar-refractivity contribution < 1.29 is 19.1 Å². The van der Waals surface area contributed by atoms with E-state index in [-0.39, 0.29) is 11.9 Å². The molecular formula is C8H15NO4S. The van der Waals surface area contributed by atoms with Crippen molar-refractivity contribution >= 4 is 24.7 Å². The van der Waals surface area contributed by atoms with E-state index in [1.807, 2.05) is 0 Å². The van der Waals surface area contributed by atoms with Crippen LogP contribution in [0.2, 0.25) is 0 Å². The van der Waals surface area contributed by atoms with Crippen molar-refractivity contribution in [3.05, 3.63) is 0 Å². The van der Waals surface area contributed by atoms with Gasteiger partial charge in [-0.3, -0.25) is 0 Å². The van der Waals surface area contributed by atoms with Crippen molar-refractivity contribution in [3.8, 4) is 0 Å². The van der Waals surface area contributed by atoms with E-state index in [0.717, 1.165) is 0 Å².